The van der Waals surface area contributed by atoms with Crippen molar-refractivity contribution in [3.05, 3.63) is 0 Å². The molecule has 0 bridgehead atoms. The summed E-state index contributed by atoms with van der Waals surface area (Å²) in [7, 11) is 5.24. The fraction of sp³-hybridized carbons (Fsp3) is 0.872. The summed E-state index contributed by atoms with van der Waals surface area (Å²) >= 11 is 0. The SMILES string of the molecule is CO[C@@H]1C[C@H](O[C@H]2[C@H](C)[C@@H](O[C@@H]3O[C@H](C)C[C@H](N(C)C)[C@H]3OC(C)=O)[C@@H](C)C[C@@]3(CO3)C(=O)[C@H](C)[C@@H](OC(C)=O)[C@@H](C)[C@@H](C)OC(=O)[C@H]2C)O[C@@H](C)C1=O. The van der Waals surface area contributed by atoms with Gasteiger partial charge in [-0.2, -0.15) is 0 Å². The second-order valence-corrected chi connectivity index (χ2v) is 16.3. The molecule has 54 heavy (non-hydrogen) atoms. The zero-order valence-electron chi connectivity index (χ0n) is 34.2. The smallest absolute Gasteiger partial charge is 0.311 e. The van der Waals surface area contributed by atoms with Gasteiger partial charge in [0.2, 0.25) is 0 Å². The normalized spacial score (nSPS) is 44.0. The molecule has 0 aromatic carbocycles. The molecule has 4 rings (SSSR count). The molecular formula is C39H63NO14. The maximum Gasteiger partial charge on any atom is 0.311 e. The van der Waals surface area contributed by atoms with E-state index in [4.69, 9.17) is 42.6 Å². The summed E-state index contributed by atoms with van der Waals surface area (Å²) in [5, 5.41) is 0. The van der Waals surface area contributed by atoms with Crippen LogP contribution in [0.3, 0.4) is 0 Å². The van der Waals surface area contributed by atoms with Crippen LogP contribution in [0, 0.1) is 29.6 Å². The van der Waals surface area contributed by atoms with Gasteiger partial charge in [-0.1, -0.05) is 27.7 Å². The standard InChI is InChI=1S/C39H63NO14/c1-18-16-39(17-47-39)36(44)22(5)33(51-26(9)41)20(3)24(7)50-37(45)23(6)34(53-30-15-29(46-13)31(43)25(8)49-30)21(4)32(18)54-38-35(52-27(10)42)28(40(11)12)14-19(2)48-38/h18-25,28-30,32-35,38H,14-17H2,1-13H3/t18-,19+,20-,21+,22+,23-,24+,25-,28-,29+,30-,32-,33-,34-,35+,38-,39+/m0/s1. The predicted octanol–water partition coefficient (Wildman–Crippen LogP) is 3.26. The Morgan fingerprint density at radius 3 is 1.94 bits per heavy atom. The Morgan fingerprint density at radius 1 is 0.778 bits per heavy atom. The molecule has 0 aliphatic carbocycles. The van der Waals surface area contributed by atoms with E-state index in [0.29, 0.717) is 6.42 Å². The average Bonchev–Trinajstić information content (AvgIpc) is 3.88. The highest BCUT2D eigenvalue weighted by atomic mass is 16.7. The minimum absolute atomic E-state index is 0.0921. The number of Topliss-reactive ketones (excluding diaryl/α,β-unsaturated/α-hetero) is 2. The van der Waals surface area contributed by atoms with Crippen molar-refractivity contribution >= 4 is 29.5 Å². The Balaban J connectivity index is 1.82. The van der Waals surface area contributed by atoms with E-state index < -0.39 is 108 Å². The lowest BCUT2D eigenvalue weighted by molar-refractivity contribution is -0.294. The molecule has 0 radical (unpaired) electrons. The van der Waals surface area contributed by atoms with Crippen molar-refractivity contribution in [2.24, 2.45) is 29.6 Å². The molecule has 0 aromatic rings. The first-order chi connectivity index (χ1) is 25.2. The number of epoxide rings is 1. The molecule has 15 nitrogen and oxygen atoms in total. The summed E-state index contributed by atoms with van der Waals surface area (Å²) in [5.74, 6) is -5.39. The number of esters is 3. The van der Waals surface area contributed by atoms with Gasteiger partial charge in [-0.25, -0.2) is 0 Å². The predicted molar refractivity (Wildman–Crippen MR) is 192 cm³/mol. The van der Waals surface area contributed by atoms with E-state index >= 15 is 0 Å². The summed E-state index contributed by atoms with van der Waals surface area (Å²) in [6, 6.07) is -0.240. The van der Waals surface area contributed by atoms with Crippen LogP contribution in [0.1, 0.15) is 88.5 Å². The van der Waals surface area contributed by atoms with Crippen LogP contribution in [0.15, 0.2) is 0 Å². The first-order valence-electron chi connectivity index (χ1n) is 19.3. The van der Waals surface area contributed by atoms with E-state index in [2.05, 4.69) is 0 Å². The number of carbonyl (C=O) groups excluding carboxylic acids is 5. The molecule has 0 N–H and O–H groups in total. The Morgan fingerprint density at radius 2 is 1.39 bits per heavy atom. The fourth-order valence-corrected chi connectivity index (χ4v) is 8.45. The number of ether oxygens (including phenoxy) is 9. The minimum atomic E-state index is -1.18. The summed E-state index contributed by atoms with van der Waals surface area (Å²) in [6.07, 6.45) is -7.11. The van der Waals surface area contributed by atoms with E-state index in [1.807, 2.05) is 39.8 Å². The van der Waals surface area contributed by atoms with Gasteiger partial charge >= 0.3 is 17.9 Å². The van der Waals surface area contributed by atoms with Gasteiger partial charge in [0.05, 0.1) is 42.8 Å². The van der Waals surface area contributed by atoms with E-state index in [1.54, 1.807) is 34.6 Å². The summed E-state index contributed by atoms with van der Waals surface area (Å²) in [4.78, 5) is 68.0. The van der Waals surface area contributed by atoms with Gasteiger partial charge in [0.15, 0.2) is 35.9 Å². The number of methoxy groups -OCH3 is 1. The lowest BCUT2D eigenvalue weighted by atomic mass is 9.76. The first-order valence-corrected chi connectivity index (χ1v) is 19.3. The van der Waals surface area contributed by atoms with Crippen molar-refractivity contribution in [3.8, 4) is 0 Å². The molecule has 1 spiro atoms. The lowest BCUT2D eigenvalue weighted by Gasteiger charge is -2.46. The Hall–Kier alpha value is -2.53. The number of rotatable bonds is 8. The Kier molecular flexibility index (Phi) is 14.9. The molecule has 15 heteroatoms. The van der Waals surface area contributed by atoms with Crippen molar-refractivity contribution in [1.82, 2.24) is 4.90 Å². The van der Waals surface area contributed by atoms with Gasteiger partial charge in [-0.3, -0.25) is 24.0 Å². The minimum Gasteiger partial charge on any atom is -0.462 e. The van der Waals surface area contributed by atoms with Crippen molar-refractivity contribution in [1.29, 1.82) is 0 Å². The van der Waals surface area contributed by atoms with Crippen LogP contribution in [0.2, 0.25) is 0 Å². The third-order valence-electron chi connectivity index (χ3n) is 11.7. The zero-order chi connectivity index (χ0) is 40.4. The van der Waals surface area contributed by atoms with Crippen LogP contribution in [0.5, 0.6) is 0 Å². The zero-order valence-corrected chi connectivity index (χ0v) is 34.2. The summed E-state index contributed by atoms with van der Waals surface area (Å²) in [6.45, 7) is 17.0. The maximum atomic E-state index is 14.3. The molecule has 0 saturated carbocycles. The molecule has 0 aromatic heterocycles. The number of ketones is 2. The van der Waals surface area contributed by atoms with Crippen LogP contribution in [0.25, 0.3) is 0 Å². The van der Waals surface area contributed by atoms with Gasteiger partial charge in [0, 0.05) is 39.2 Å². The third-order valence-corrected chi connectivity index (χ3v) is 11.7. The first kappa shape index (κ1) is 44.2. The van der Waals surface area contributed by atoms with Gasteiger partial charge < -0.3 is 47.5 Å². The number of nitrogens with zero attached hydrogens (tertiary/aromatic N) is 1. The largest absolute Gasteiger partial charge is 0.462 e. The molecule has 4 saturated heterocycles. The molecule has 0 unspecified atom stereocenters. The average molecular weight is 770 g/mol. The maximum absolute atomic E-state index is 14.3. The Labute approximate surface area is 319 Å². The van der Waals surface area contributed by atoms with Crippen molar-refractivity contribution in [3.63, 3.8) is 0 Å². The van der Waals surface area contributed by atoms with Crippen molar-refractivity contribution in [2.75, 3.05) is 27.8 Å². The van der Waals surface area contributed by atoms with Crippen LogP contribution < -0.4 is 0 Å². The molecule has 4 heterocycles. The lowest BCUT2D eigenvalue weighted by Crippen LogP contribution is -2.58. The number of cyclic esters (lactones) is 1. The van der Waals surface area contributed by atoms with Crippen LogP contribution in [0.4, 0.5) is 0 Å². The highest BCUT2D eigenvalue weighted by Crippen LogP contribution is 2.44. The molecule has 4 aliphatic rings. The van der Waals surface area contributed by atoms with E-state index in [9.17, 15) is 24.0 Å². The molecular weight excluding hydrogens is 706 g/mol. The van der Waals surface area contributed by atoms with Crippen LogP contribution >= 0.6 is 0 Å². The van der Waals surface area contributed by atoms with Gasteiger partial charge in [-0.05, 0) is 60.5 Å². The van der Waals surface area contributed by atoms with E-state index in [-0.39, 0.29) is 43.2 Å². The van der Waals surface area contributed by atoms with Crippen molar-refractivity contribution < 1.29 is 66.6 Å². The summed E-state index contributed by atoms with van der Waals surface area (Å²) < 4.78 is 55.1. The van der Waals surface area contributed by atoms with Gasteiger partial charge in [-0.15, -0.1) is 0 Å². The number of hydrogen-bond donors (Lipinski definition) is 0. The fourth-order valence-electron chi connectivity index (χ4n) is 8.45. The molecule has 4 aliphatic heterocycles. The quantitative estimate of drug-likeness (QED) is 0.200. The van der Waals surface area contributed by atoms with Crippen LogP contribution in [-0.2, 0) is 66.6 Å². The van der Waals surface area contributed by atoms with E-state index in [1.165, 1.54) is 21.0 Å². The monoisotopic (exact) mass is 769 g/mol. The van der Waals surface area contributed by atoms with E-state index in [0.717, 1.165) is 0 Å². The van der Waals surface area contributed by atoms with Crippen molar-refractivity contribution in [2.45, 2.75) is 162 Å². The van der Waals surface area contributed by atoms with Gasteiger partial charge in [0.1, 0.15) is 24.4 Å². The number of likely N-dealkylation sites (N-methyl/N-ethyl adjacent to an activating group) is 1. The molecule has 17 atom stereocenters. The third kappa shape index (κ3) is 10.1. The Bertz CT molecular complexity index is 1350. The van der Waals surface area contributed by atoms with Crippen LogP contribution in [-0.4, -0.2) is 135 Å². The number of hydrogen-bond acceptors (Lipinski definition) is 15. The second-order valence-electron chi connectivity index (χ2n) is 16.3. The van der Waals surface area contributed by atoms with Gasteiger partial charge in [0.25, 0.3) is 0 Å². The highest BCUT2D eigenvalue weighted by Gasteiger charge is 2.58. The number of carbonyl (C=O) groups is 5. The molecule has 4 fully saturated rings. The second kappa shape index (κ2) is 18.2. The topological polar surface area (TPSA) is 175 Å². The molecule has 0 amide bonds. The summed E-state index contributed by atoms with van der Waals surface area (Å²) in [5.41, 5.74) is -1.18. The molecule has 308 valence electrons. The highest BCUT2D eigenvalue weighted by molar-refractivity contribution is 5.92.